The molecule has 2 heteroatoms. The lowest BCUT2D eigenvalue weighted by atomic mass is 10.2. The van der Waals surface area contributed by atoms with Crippen LogP contribution in [0.3, 0.4) is 0 Å². The van der Waals surface area contributed by atoms with E-state index in [-0.39, 0.29) is 0 Å². The predicted octanol–water partition coefficient (Wildman–Crippen LogP) is 5.63. The third kappa shape index (κ3) is 5.64. The fourth-order valence-electron chi connectivity index (χ4n) is 1.95. The van der Waals surface area contributed by atoms with Gasteiger partial charge in [0.25, 0.3) is 0 Å². The highest BCUT2D eigenvalue weighted by atomic mass is 32.2. The van der Waals surface area contributed by atoms with Gasteiger partial charge >= 0.3 is 0 Å². The molecule has 0 aliphatic rings. The van der Waals surface area contributed by atoms with Gasteiger partial charge in [0.1, 0.15) is 0 Å². The van der Waals surface area contributed by atoms with Crippen LogP contribution in [0.4, 0.5) is 0 Å². The molecule has 1 atom stereocenters. The van der Waals surface area contributed by atoms with Crippen molar-refractivity contribution in [2.24, 2.45) is 0 Å². The van der Waals surface area contributed by atoms with Crippen molar-refractivity contribution in [3.63, 3.8) is 0 Å². The average Bonchev–Trinajstić information content (AvgIpc) is 2.52. The minimum atomic E-state index is 0.754. The Hall–Kier alpha value is -0.860. The van der Waals surface area contributed by atoms with E-state index in [0.717, 1.165) is 16.8 Å². The van der Waals surface area contributed by atoms with Crippen molar-refractivity contribution in [1.82, 2.24) is 0 Å². The molecule has 106 valence electrons. The molecule has 2 aromatic rings. The van der Waals surface area contributed by atoms with E-state index in [1.807, 2.05) is 0 Å². The van der Waals surface area contributed by atoms with Crippen LogP contribution in [0.15, 0.2) is 60.7 Å². The fraction of sp³-hybridized carbons (Fsp3) is 0.333. The third-order valence-electron chi connectivity index (χ3n) is 3.20. The van der Waals surface area contributed by atoms with Gasteiger partial charge in [0.2, 0.25) is 0 Å². The molecule has 0 saturated carbocycles. The zero-order valence-corrected chi connectivity index (χ0v) is 13.6. The van der Waals surface area contributed by atoms with Gasteiger partial charge in [-0.25, -0.2) is 0 Å². The Kier molecular flexibility index (Phi) is 7.10. The molecule has 20 heavy (non-hydrogen) atoms. The van der Waals surface area contributed by atoms with Crippen molar-refractivity contribution < 1.29 is 0 Å². The molecule has 0 aliphatic carbocycles. The second-order valence-corrected chi connectivity index (χ2v) is 7.15. The van der Waals surface area contributed by atoms with Crippen molar-refractivity contribution in [2.75, 3.05) is 5.75 Å². The lowest BCUT2D eigenvalue weighted by Gasteiger charge is -2.14. The topological polar surface area (TPSA) is 0 Å². The molecule has 0 amide bonds. The van der Waals surface area contributed by atoms with E-state index in [4.69, 9.17) is 0 Å². The number of benzene rings is 2. The maximum absolute atomic E-state index is 2.30. The summed E-state index contributed by atoms with van der Waals surface area (Å²) in [5, 5.41) is 0.754. The summed E-state index contributed by atoms with van der Waals surface area (Å²) >= 11 is 4.14. The largest absolute Gasteiger partial charge is 0.156 e. The summed E-state index contributed by atoms with van der Waals surface area (Å²) in [5.74, 6) is 3.50. The molecule has 0 heterocycles. The second-order valence-electron chi connectivity index (χ2n) is 4.83. The summed E-state index contributed by atoms with van der Waals surface area (Å²) in [6, 6.07) is 21.5. The van der Waals surface area contributed by atoms with Gasteiger partial charge in [-0.05, 0) is 17.5 Å². The monoisotopic (exact) mass is 302 g/mol. The minimum absolute atomic E-state index is 0.754. The second kappa shape index (κ2) is 9.15. The number of thioether (sulfide) groups is 2. The first kappa shape index (κ1) is 15.5. The van der Waals surface area contributed by atoms with E-state index in [2.05, 4.69) is 91.1 Å². The summed E-state index contributed by atoms with van der Waals surface area (Å²) < 4.78 is 0. The van der Waals surface area contributed by atoms with Crippen molar-refractivity contribution in [3.8, 4) is 0 Å². The Morgan fingerprint density at radius 3 is 1.90 bits per heavy atom. The zero-order chi connectivity index (χ0) is 14.0. The molecule has 0 spiro atoms. The molecule has 0 nitrogen and oxygen atoms in total. The number of rotatable bonds is 8. The van der Waals surface area contributed by atoms with Gasteiger partial charge in [0.05, 0.1) is 0 Å². The summed E-state index contributed by atoms with van der Waals surface area (Å²) in [6.07, 6.45) is 1.25. The summed E-state index contributed by atoms with van der Waals surface area (Å²) in [7, 11) is 0. The lowest BCUT2D eigenvalue weighted by molar-refractivity contribution is 0.915. The van der Waals surface area contributed by atoms with Gasteiger partial charge in [0.15, 0.2) is 0 Å². The van der Waals surface area contributed by atoms with Crippen LogP contribution in [0, 0.1) is 0 Å². The predicted molar refractivity (Wildman–Crippen MR) is 94.4 cm³/mol. The first-order valence-corrected chi connectivity index (χ1v) is 9.36. The third-order valence-corrected chi connectivity index (χ3v) is 6.06. The molecule has 0 bridgehead atoms. The van der Waals surface area contributed by atoms with Crippen molar-refractivity contribution in [2.45, 2.75) is 30.1 Å². The van der Waals surface area contributed by atoms with E-state index in [1.54, 1.807) is 0 Å². The maximum Gasteiger partial charge on any atom is 0.0187 e. The van der Waals surface area contributed by atoms with E-state index in [0.29, 0.717) is 0 Å². The average molecular weight is 303 g/mol. The van der Waals surface area contributed by atoms with Crippen LogP contribution in [0.5, 0.6) is 0 Å². The maximum atomic E-state index is 2.30. The summed E-state index contributed by atoms with van der Waals surface area (Å²) in [6.45, 7) is 2.30. The Bertz CT molecular complexity index is 467. The highest BCUT2D eigenvalue weighted by Gasteiger charge is 2.07. The van der Waals surface area contributed by atoms with Gasteiger partial charge in [-0.1, -0.05) is 67.6 Å². The van der Waals surface area contributed by atoms with Gasteiger partial charge < -0.3 is 0 Å². The summed E-state index contributed by atoms with van der Waals surface area (Å²) in [4.78, 5) is 0. The zero-order valence-electron chi connectivity index (χ0n) is 12.0. The molecule has 0 aromatic heterocycles. The Balaban J connectivity index is 1.70. The molecule has 0 saturated heterocycles. The SMILES string of the molecule is CCC(CSCc1ccccc1)SCc1ccccc1. The van der Waals surface area contributed by atoms with Crippen LogP contribution in [0.1, 0.15) is 24.5 Å². The highest BCUT2D eigenvalue weighted by molar-refractivity contribution is 8.02. The van der Waals surface area contributed by atoms with Gasteiger partial charge in [-0.3, -0.25) is 0 Å². The Labute approximate surface area is 131 Å². The molecule has 0 radical (unpaired) electrons. The van der Waals surface area contributed by atoms with Crippen LogP contribution in [-0.4, -0.2) is 11.0 Å². The molecule has 2 rings (SSSR count). The first-order chi connectivity index (χ1) is 9.88. The summed E-state index contributed by atoms with van der Waals surface area (Å²) in [5.41, 5.74) is 2.87. The number of hydrogen-bond donors (Lipinski definition) is 0. The van der Waals surface area contributed by atoms with Crippen LogP contribution < -0.4 is 0 Å². The van der Waals surface area contributed by atoms with Crippen molar-refractivity contribution in [1.29, 1.82) is 0 Å². The van der Waals surface area contributed by atoms with E-state index >= 15 is 0 Å². The lowest BCUT2D eigenvalue weighted by Crippen LogP contribution is -2.05. The van der Waals surface area contributed by atoms with Gasteiger partial charge in [-0.2, -0.15) is 23.5 Å². The van der Waals surface area contributed by atoms with Crippen molar-refractivity contribution >= 4 is 23.5 Å². The van der Waals surface area contributed by atoms with Crippen LogP contribution in [0.25, 0.3) is 0 Å². The smallest absolute Gasteiger partial charge is 0.0187 e. The fourth-order valence-corrected chi connectivity index (χ4v) is 4.53. The molecular weight excluding hydrogens is 280 g/mol. The minimum Gasteiger partial charge on any atom is -0.156 e. The molecule has 0 N–H and O–H groups in total. The molecular formula is C18H22S2. The van der Waals surface area contributed by atoms with Crippen LogP contribution in [0.2, 0.25) is 0 Å². The number of hydrogen-bond acceptors (Lipinski definition) is 2. The normalized spacial score (nSPS) is 12.2. The van der Waals surface area contributed by atoms with Crippen molar-refractivity contribution in [3.05, 3.63) is 71.8 Å². The van der Waals surface area contributed by atoms with Crippen LogP contribution in [-0.2, 0) is 11.5 Å². The highest BCUT2D eigenvalue weighted by Crippen LogP contribution is 2.25. The molecule has 2 aromatic carbocycles. The van der Waals surface area contributed by atoms with E-state index in [9.17, 15) is 0 Å². The molecule has 1 unspecified atom stereocenters. The van der Waals surface area contributed by atoms with Crippen LogP contribution >= 0.6 is 23.5 Å². The standard InChI is InChI=1S/C18H22S2/c1-2-18(20-14-17-11-7-4-8-12-17)15-19-13-16-9-5-3-6-10-16/h3-12,18H,2,13-15H2,1H3. The molecule has 0 fully saturated rings. The first-order valence-electron chi connectivity index (χ1n) is 7.15. The van der Waals surface area contributed by atoms with E-state index < -0.39 is 0 Å². The Morgan fingerprint density at radius 2 is 1.35 bits per heavy atom. The Morgan fingerprint density at radius 1 is 0.800 bits per heavy atom. The molecule has 0 aliphatic heterocycles. The quantitative estimate of drug-likeness (QED) is 0.619. The van der Waals surface area contributed by atoms with Gasteiger partial charge in [0, 0.05) is 22.5 Å². The van der Waals surface area contributed by atoms with E-state index in [1.165, 1.54) is 23.3 Å². The van der Waals surface area contributed by atoms with Gasteiger partial charge in [-0.15, -0.1) is 0 Å².